The van der Waals surface area contributed by atoms with Crippen molar-refractivity contribution in [3.05, 3.63) is 12.2 Å². The number of hydrogen-bond donors (Lipinski definition) is 2. The quantitative estimate of drug-likeness (QED) is 0.573. The van der Waals surface area contributed by atoms with Gasteiger partial charge >= 0.3 is 0 Å². The summed E-state index contributed by atoms with van der Waals surface area (Å²) in [6.45, 7) is 2.53. The molecule has 0 aliphatic carbocycles. The second-order valence-corrected chi connectivity index (χ2v) is 2.73. The smallest absolute Gasteiger partial charge is 0.0665 e. The van der Waals surface area contributed by atoms with Gasteiger partial charge in [0.2, 0.25) is 0 Å². The molecule has 0 saturated carbocycles. The number of unbranched alkanes of at least 4 members (excludes halogenated alkanes) is 1. The van der Waals surface area contributed by atoms with Crippen molar-refractivity contribution in [2.45, 2.75) is 38.7 Å². The monoisotopic (exact) mass is 157 g/mol. The van der Waals surface area contributed by atoms with Gasteiger partial charge in [-0.05, 0) is 19.3 Å². The average molecular weight is 157 g/mol. The van der Waals surface area contributed by atoms with Crippen LogP contribution in [-0.4, -0.2) is 17.8 Å². The maximum absolute atomic E-state index is 9.06. The van der Waals surface area contributed by atoms with Crippen LogP contribution in [0.4, 0.5) is 0 Å². The molecule has 0 bridgehead atoms. The van der Waals surface area contributed by atoms with Crippen molar-refractivity contribution in [3.8, 4) is 0 Å². The molecule has 0 aliphatic heterocycles. The second kappa shape index (κ2) is 7.76. The van der Waals surface area contributed by atoms with Crippen molar-refractivity contribution in [3.63, 3.8) is 0 Å². The number of aliphatic hydroxyl groups excluding tert-OH is 1. The van der Waals surface area contributed by atoms with Crippen LogP contribution < -0.4 is 5.73 Å². The van der Waals surface area contributed by atoms with Gasteiger partial charge in [0.25, 0.3) is 0 Å². The van der Waals surface area contributed by atoms with Gasteiger partial charge in [0.05, 0.1) is 6.10 Å². The fourth-order valence-corrected chi connectivity index (χ4v) is 0.809. The van der Waals surface area contributed by atoms with Crippen LogP contribution in [0, 0.1) is 0 Å². The molecule has 0 rings (SSSR count). The van der Waals surface area contributed by atoms with Gasteiger partial charge in [-0.3, -0.25) is 0 Å². The predicted molar refractivity (Wildman–Crippen MR) is 48.3 cm³/mol. The molecule has 66 valence electrons. The standard InChI is InChI=1S/C9H19NO/c1-2-3-4-5-6-7-9(11)8-10/h4-5,9,11H,2-3,6-8,10H2,1H3/b5-4+. The van der Waals surface area contributed by atoms with Crippen molar-refractivity contribution < 1.29 is 5.11 Å². The first-order valence-corrected chi connectivity index (χ1v) is 4.34. The Kier molecular flexibility index (Phi) is 7.52. The Morgan fingerprint density at radius 2 is 2.00 bits per heavy atom. The van der Waals surface area contributed by atoms with Crippen LogP contribution in [-0.2, 0) is 0 Å². The van der Waals surface area contributed by atoms with Crippen LogP contribution in [0.1, 0.15) is 32.6 Å². The highest BCUT2D eigenvalue weighted by Crippen LogP contribution is 1.98. The first-order chi connectivity index (χ1) is 5.31. The van der Waals surface area contributed by atoms with Crippen LogP contribution >= 0.6 is 0 Å². The zero-order valence-electron chi connectivity index (χ0n) is 7.29. The topological polar surface area (TPSA) is 46.2 Å². The SMILES string of the molecule is CCC/C=C/CCC(O)CN. The summed E-state index contributed by atoms with van der Waals surface area (Å²) in [5.74, 6) is 0. The summed E-state index contributed by atoms with van der Waals surface area (Å²) in [5.41, 5.74) is 5.24. The zero-order valence-corrected chi connectivity index (χ0v) is 7.29. The highest BCUT2D eigenvalue weighted by atomic mass is 16.3. The number of rotatable bonds is 6. The first-order valence-electron chi connectivity index (χ1n) is 4.34. The van der Waals surface area contributed by atoms with Crippen molar-refractivity contribution in [1.82, 2.24) is 0 Å². The molecule has 1 unspecified atom stereocenters. The van der Waals surface area contributed by atoms with E-state index in [0.29, 0.717) is 6.54 Å². The number of nitrogens with two attached hydrogens (primary N) is 1. The lowest BCUT2D eigenvalue weighted by molar-refractivity contribution is 0.174. The molecule has 0 aromatic rings. The lowest BCUT2D eigenvalue weighted by Gasteiger charge is -2.03. The minimum Gasteiger partial charge on any atom is -0.392 e. The minimum absolute atomic E-state index is 0.318. The molecule has 0 radical (unpaired) electrons. The van der Waals surface area contributed by atoms with Crippen molar-refractivity contribution >= 4 is 0 Å². The van der Waals surface area contributed by atoms with E-state index in [2.05, 4.69) is 19.1 Å². The van der Waals surface area contributed by atoms with E-state index >= 15 is 0 Å². The third kappa shape index (κ3) is 7.56. The Morgan fingerprint density at radius 1 is 1.36 bits per heavy atom. The van der Waals surface area contributed by atoms with Crippen LogP contribution in [0.3, 0.4) is 0 Å². The molecule has 0 aromatic carbocycles. The van der Waals surface area contributed by atoms with E-state index in [4.69, 9.17) is 10.8 Å². The van der Waals surface area contributed by atoms with Crippen molar-refractivity contribution in [1.29, 1.82) is 0 Å². The van der Waals surface area contributed by atoms with E-state index in [1.807, 2.05) is 0 Å². The van der Waals surface area contributed by atoms with Gasteiger partial charge in [-0.25, -0.2) is 0 Å². The summed E-state index contributed by atoms with van der Waals surface area (Å²) in [6, 6.07) is 0. The summed E-state index contributed by atoms with van der Waals surface area (Å²) < 4.78 is 0. The molecular formula is C9H19NO. The molecule has 2 nitrogen and oxygen atoms in total. The van der Waals surface area contributed by atoms with Gasteiger partial charge in [-0.15, -0.1) is 0 Å². The largest absolute Gasteiger partial charge is 0.392 e. The Labute approximate surface area is 69.1 Å². The third-order valence-corrected chi connectivity index (χ3v) is 1.56. The number of hydrogen-bond acceptors (Lipinski definition) is 2. The lowest BCUT2D eigenvalue weighted by Crippen LogP contribution is -2.18. The summed E-state index contributed by atoms with van der Waals surface area (Å²) >= 11 is 0. The Balaban J connectivity index is 3.12. The van der Waals surface area contributed by atoms with Gasteiger partial charge in [-0.2, -0.15) is 0 Å². The maximum atomic E-state index is 9.06. The van der Waals surface area contributed by atoms with E-state index in [1.165, 1.54) is 6.42 Å². The van der Waals surface area contributed by atoms with Gasteiger partial charge < -0.3 is 10.8 Å². The normalized spacial score (nSPS) is 14.1. The fourth-order valence-electron chi connectivity index (χ4n) is 0.809. The van der Waals surface area contributed by atoms with E-state index in [1.54, 1.807) is 0 Å². The highest BCUT2D eigenvalue weighted by Gasteiger charge is 1.96. The molecule has 2 heteroatoms. The van der Waals surface area contributed by atoms with Crippen LogP contribution in [0.5, 0.6) is 0 Å². The molecule has 1 atom stereocenters. The minimum atomic E-state index is -0.318. The van der Waals surface area contributed by atoms with Crippen LogP contribution in [0.15, 0.2) is 12.2 Å². The van der Waals surface area contributed by atoms with Crippen molar-refractivity contribution in [2.24, 2.45) is 5.73 Å². The molecule has 3 N–H and O–H groups in total. The molecule has 0 aromatic heterocycles. The van der Waals surface area contributed by atoms with E-state index < -0.39 is 0 Å². The third-order valence-electron chi connectivity index (χ3n) is 1.56. The Morgan fingerprint density at radius 3 is 2.55 bits per heavy atom. The molecule has 0 heterocycles. The predicted octanol–water partition coefficient (Wildman–Crippen LogP) is 1.44. The van der Waals surface area contributed by atoms with E-state index in [0.717, 1.165) is 19.3 Å². The summed E-state index contributed by atoms with van der Waals surface area (Å²) in [6.07, 6.45) is 8.01. The molecular weight excluding hydrogens is 138 g/mol. The van der Waals surface area contributed by atoms with Gasteiger partial charge in [0, 0.05) is 6.54 Å². The van der Waals surface area contributed by atoms with Crippen molar-refractivity contribution in [2.75, 3.05) is 6.54 Å². The summed E-state index contributed by atoms with van der Waals surface area (Å²) in [4.78, 5) is 0. The van der Waals surface area contributed by atoms with E-state index in [-0.39, 0.29) is 6.10 Å². The molecule has 11 heavy (non-hydrogen) atoms. The lowest BCUT2D eigenvalue weighted by atomic mass is 10.2. The van der Waals surface area contributed by atoms with Gasteiger partial charge in [0.15, 0.2) is 0 Å². The molecule has 0 spiro atoms. The first kappa shape index (κ1) is 10.7. The zero-order chi connectivity index (χ0) is 8.53. The van der Waals surface area contributed by atoms with E-state index in [9.17, 15) is 0 Å². The number of allylic oxidation sites excluding steroid dienone is 2. The second-order valence-electron chi connectivity index (χ2n) is 2.73. The van der Waals surface area contributed by atoms with Gasteiger partial charge in [0.1, 0.15) is 0 Å². The molecule has 0 saturated heterocycles. The van der Waals surface area contributed by atoms with Crippen LogP contribution in [0.2, 0.25) is 0 Å². The summed E-state index contributed by atoms with van der Waals surface area (Å²) in [7, 11) is 0. The Bertz CT molecular complexity index is 102. The average Bonchev–Trinajstić information content (AvgIpc) is 2.04. The summed E-state index contributed by atoms with van der Waals surface area (Å²) in [5, 5.41) is 9.06. The maximum Gasteiger partial charge on any atom is 0.0665 e. The van der Waals surface area contributed by atoms with Crippen LogP contribution in [0.25, 0.3) is 0 Å². The molecule has 0 amide bonds. The number of aliphatic hydroxyl groups is 1. The highest BCUT2D eigenvalue weighted by molar-refractivity contribution is 4.81. The molecule has 0 fully saturated rings. The Hall–Kier alpha value is -0.340. The fraction of sp³-hybridized carbons (Fsp3) is 0.778. The molecule has 0 aliphatic rings. The van der Waals surface area contributed by atoms with Gasteiger partial charge in [-0.1, -0.05) is 25.5 Å².